The third-order valence-electron chi connectivity index (χ3n) is 3.54. The van der Waals surface area contributed by atoms with Crippen molar-refractivity contribution in [2.75, 3.05) is 5.32 Å². The lowest BCUT2D eigenvalue weighted by atomic mass is 10.1. The first-order valence-electron chi connectivity index (χ1n) is 6.99. The molecule has 0 aliphatic rings. The third-order valence-corrected chi connectivity index (χ3v) is 4.43. The number of aromatic nitrogens is 1. The van der Waals surface area contributed by atoms with Crippen molar-refractivity contribution in [2.24, 2.45) is 0 Å². The molecule has 2 aromatic heterocycles. The Hall–Kier alpha value is -2.40. The molecule has 0 fully saturated rings. The van der Waals surface area contributed by atoms with Gasteiger partial charge in [-0.15, -0.1) is 11.3 Å². The molecule has 0 atom stereocenters. The zero-order chi connectivity index (χ0) is 15.5. The summed E-state index contributed by atoms with van der Waals surface area (Å²) in [6.07, 6.45) is 0.197. The van der Waals surface area contributed by atoms with E-state index in [9.17, 15) is 4.79 Å². The molecule has 0 saturated heterocycles. The maximum Gasteiger partial charge on any atom is 0.230 e. The molecule has 0 aliphatic carbocycles. The number of rotatable bonds is 4. The molecule has 1 N–H and O–H groups in total. The topological polar surface area (TPSA) is 55.1 Å². The second-order valence-corrected chi connectivity index (χ2v) is 6.08. The zero-order valence-electron chi connectivity index (χ0n) is 12.4. The first kappa shape index (κ1) is 14.5. The van der Waals surface area contributed by atoms with Crippen LogP contribution in [-0.2, 0) is 11.2 Å². The maximum absolute atomic E-state index is 12.2. The van der Waals surface area contributed by atoms with E-state index in [0.29, 0.717) is 11.5 Å². The van der Waals surface area contributed by atoms with Crippen molar-refractivity contribution in [3.8, 4) is 10.6 Å². The van der Waals surface area contributed by atoms with E-state index in [1.807, 2.05) is 55.6 Å². The van der Waals surface area contributed by atoms with Gasteiger partial charge < -0.3 is 9.84 Å². The normalized spacial score (nSPS) is 10.6. The van der Waals surface area contributed by atoms with E-state index in [2.05, 4.69) is 10.5 Å². The first-order chi connectivity index (χ1) is 10.6. The van der Waals surface area contributed by atoms with Crippen molar-refractivity contribution in [2.45, 2.75) is 20.3 Å². The molecule has 3 rings (SSSR count). The van der Waals surface area contributed by atoms with Gasteiger partial charge in [0.2, 0.25) is 5.91 Å². The summed E-state index contributed by atoms with van der Waals surface area (Å²) in [5.74, 6) is 0.601. The fourth-order valence-electron chi connectivity index (χ4n) is 2.18. The molecule has 0 unspecified atom stereocenters. The molecule has 2 heterocycles. The van der Waals surface area contributed by atoms with E-state index < -0.39 is 0 Å². The average Bonchev–Trinajstić information content (AvgIpc) is 3.14. The SMILES string of the molecule is Cc1cccc(NC(=O)Cc2cc(-c3cccs3)on2)c1C. The van der Waals surface area contributed by atoms with Crippen LogP contribution in [0, 0.1) is 13.8 Å². The standard InChI is InChI=1S/C17H16N2O2S/c1-11-5-3-6-14(12(11)2)18-17(20)10-13-9-15(21-19-13)16-7-4-8-22-16/h3-9H,10H2,1-2H3,(H,18,20). The van der Waals surface area contributed by atoms with E-state index in [0.717, 1.165) is 21.7 Å². The van der Waals surface area contributed by atoms with Crippen LogP contribution < -0.4 is 5.32 Å². The Morgan fingerprint density at radius 1 is 1.27 bits per heavy atom. The summed E-state index contributed by atoms with van der Waals surface area (Å²) in [7, 11) is 0. The fraction of sp³-hybridized carbons (Fsp3) is 0.176. The Morgan fingerprint density at radius 3 is 2.91 bits per heavy atom. The van der Waals surface area contributed by atoms with Gasteiger partial charge in [0.25, 0.3) is 0 Å². The van der Waals surface area contributed by atoms with Crippen molar-refractivity contribution in [1.29, 1.82) is 0 Å². The molecule has 3 aromatic rings. The number of carbonyl (C=O) groups excluding carboxylic acids is 1. The lowest BCUT2D eigenvalue weighted by molar-refractivity contribution is -0.115. The van der Waals surface area contributed by atoms with E-state index >= 15 is 0 Å². The van der Waals surface area contributed by atoms with Crippen LogP contribution in [0.2, 0.25) is 0 Å². The average molecular weight is 312 g/mol. The van der Waals surface area contributed by atoms with E-state index in [1.54, 1.807) is 11.3 Å². The van der Waals surface area contributed by atoms with Gasteiger partial charge in [-0.25, -0.2) is 0 Å². The van der Waals surface area contributed by atoms with Gasteiger partial charge in [-0.05, 0) is 42.5 Å². The lowest BCUT2D eigenvalue weighted by Gasteiger charge is -2.09. The molecule has 5 heteroatoms. The van der Waals surface area contributed by atoms with Crippen molar-refractivity contribution in [1.82, 2.24) is 5.16 Å². The second kappa shape index (κ2) is 6.15. The number of hydrogen-bond acceptors (Lipinski definition) is 4. The molecule has 4 nitrogen and oxygen atoms in total. The Bertz CT molecular complexity index is 791. The summed E-state index contributed by atoms with van der Waals surface area (Å²) < 4.78 is 5.28. The van der Waals surface area contributed by atoms with Gasteiger partial charge in [0.05, 0.1) is 17.0 Å². The van der Waals surface area contributed by atoms with Crippen LogP contribution in [0.4, 0.5) is 5.69 Å². The van der Waals surface area contributed by atoms with Gasteiger partial charge in [0.15, 0.2) is 5.76 Å². The zero-order valence-corrected chi connectivity index (χ0v) is 13.2. The molecule has 0 aliphatic heterocycles. The van der Waals surface area contributed by atoms with Crippen LogP contribution in [0.15, 0.2) is 46.3 Å². The summed E-state index contributed by atoms with van der Waals surface area (Å²) in [5, 5.41) is 8.87. The molecule has 0 saturated carbocycles. The highest BCUT2D eigenvalue weighted by atomic mass is 32.1. The molecular weight excluding hydrogens is 296 g/mol. The maximum atomic E-state index is 12.2. The number of hydrogen-bond donors (Lipinski definition) is 1. The number of anilines is 1. The summed E-state index contributed by atoms with van der Waals surface area (Å²) in [4.78, 5) is 13.2. The first-order valence-corrected chi connectivity index (χ1v) is 7.87. The number of nitrogens with zero attached hydrogens (tertiary/aromatic N) is 1. The van der Waals surface area contributed by atoms with Crippen LogP contribution in [0.1, 0.15) is 16.8 Å². The number of benzene rings is 1. The van der Waals surface area contributed by atoms with Crippen LogP contribution in [0.3, 0.4) is 0 Å². The Kier molecular flexibility index (Phi) is 4.06. The van der Waals surface area contributed by atoms with Gasteiger partial charge in [-0.2, -0.15) is 0 Å². The Labute approximate surface area is 132 Å². The smallest absolute Gasteiger partial charge is 0.230 e. The van der Waals surface area contributed by atoms with Gasteiger partial charge in [-0.1, -0.05) is 23.4 Å². The molecule has 0 spiro atoms. The van der Waals surface area contributed by atoms with E-state index in [-0.39, 0.29) is 12.3 Å². The summed E-state index contributed by atoms with van der Waals surface area (Å²) >= 11 is 1.58. The van der Waals surface area contributed by atoms with Crippen LogP contribution in [-0.4, -0.2) is 11.1 Å². The molecule has 1 amide bonds. The number of carbonyl (C=O) groups is 1. The van der Waals surface area contributed by atoms with Crippen LogP contribution in [0.25, 0.3) is 10.6 Å². The largest absolute Gasteiger partial charge is 0.355 e. The van der Waals surface area contributed by atoms with Gasteiger partial charge in [0, 0.05) is 11.8 Å². The highest BCUT2D eigenvalue weighted by Crippen LogP contribution is 2.25. The Morgan fingerprint density at radius 2 is 2.14 bits per heavy atom. The van der Waals surface area contributed by atoms with Gasteiger partial charge in [-0.3, -0.25) is 4.79 Å². The minimum Gasteiger partial charge on any atom is -0.355 e. The predicted octanol–water partition coefficient (Wildman–Crippen LogP) is 4.20. The van der Waals surface area contributed by atoms with E-state index in [4.69, 9.17) is 4.52 Å². The molecule has 22 heavy (non-hydrogen) atoms. The minimum atomic E-state index is -0.0975. The van der Waals surface area contributed by atoms with Crippen molar-refractivity contribution in [3.63, 3.8) is 0 Å². The molecule has 112 valence electrons. The van der Waals surface area contributed by atoms with Gasteiger partial charge in [0.1, 0.15) is 0 Å². The summed E-state index contributed by atoms with van der Waals surface area (Å²) in [6.45, 7) is 4.02. The van der Waals surface area contributed by atoms with Crippen molar-refractivity contribution >= 4 is 22.9 Å². The molecule has 0 bridgehead atoms. The fourth-order valence-corrected chi connectivity index (χ4v) is 2.85. The Balaban J connectivity index is 1.68. The predicted molar refractivity (Wildman–Crippen MR) is 88.1 cm³/mol. The highest BCUT2D eigenvalue weighted by Gasteiger charge is 2.12. The number of nitrogens with one attached hydrogen (secondary N) is 1. The second-order valence-electron chi connectivity index (χ2n) is 5.13. The lowest BCUT2D eigenvalue weighted by Crippen LogP contribution is -2.15. The quantitative estimate of drug-likeness (QED) is 0.785. The van der Waals surface area contributed by atoms with Crippen LogP contribution in [0.5, 0.6) is 0 Å². The molecule has 0 radical (unpaired) electrons. The monoisotopic (exact) mass is 312 g/mol. The minimum absolute atomic E-state index is 0.0975. The third kappa shape index (κ3) is 3.09. The number of amides is 1. The van der Waals surface area contributed by atoms with Crippen molar-refractivity contribution in [3.05, 3.63) is 58.6 Å². The van der Waals surface area contributed by atoms with E-state index in [1.165, 1.54) is 0 Å². The highest BCUT2D eigenvalue weighted by molar-refractivity contribution is 7.13. The van der Waals surface area contributed by atoms with Gasteiger partial charge >= 0.3 is 0 Å². The van der Waals surface area contributed by atoms with Crippen molar-refractivity contribution < 1.29 is 9.32 Å². The summed E-state index contributed by atoms with van der Waals surface area (Å²) in [6, 6.07) is 11.6. The van der Waals surface area contributed by atoms with Crippen LogP contribution >= 0.6 is 11.3 Å². The molecule has 1 aromatic carbocycles. The number of thiophene rings is 1. The number of aryl methyl sites for hydroxylation is 1. The molecular formula is C17H16N2O2S. The summed E-state index contributed by atoms with van der Waals surface area (Å²) in [5.41, 5.74) is 3.70.